The van der Waals surface area contributed by atoms with Gasteiger partial charge in [-0.05, 0) is 30.4 Å². The van der Waals surface area contributed by atoms with Crippen LogP contribution in [0.3, 0.4) is 0 Å². The van der Waals surface area contributed by atoms with Crippen molar-refractivity contribution in [1.82, 2.24) is 9.97 Å². The summed E-state index contributed by atoms with van der Waals surface area (Å²) in [5, 5.41) is 9.25. The number of aromatic amines is 1. The van der Waals surface area contributed by atoms with Crippen molar-refractivity contribution < 1.29 is 9.90 Å². The van der Waals surface area contributed by atoms with E-state index < -0.39 is 5.97 Å². The third-order valence-corrected chi connectivity index (χ3v) is 4.60. The Hall–Kier alpha value is -1.84. The van der Waals surface area contributed by atoms with Gasteiger partial charge in [0.15, 0.2) is 0 Å². The van der Waals surface area contributed by atoms with Gasteiger partial charge in [-0.3, -0.25) is 0 Å². The molecule has 20 heavy (non-hydrogen) atoms. The lowest BCUT2D eigenvalue weighted by Gasteiger charge is -2.37. The SMILES string of the molecule is CC1(C)CCCCC1c1nc2c(C(=O)O)cccc2[nH]1. The van der Waals surface area contributed by atoms with Crippen LogP contribution in [0.25, 0.3) is 11.0 Å². The minimum absolute atomic E-state index is 0.218. The fraction of sp³-hybridized carbons (Fsp3) is 0.500. The van der Waals surface area contributed by atoms with E-state index in [2.05, 4.69) is 23.8 Å². The Kier molecular flexibility index (Phi) is 3.04. The molecule has 1 atom stereocenters. The van der Waals surface area contributed by atoms with Gasteiger partial charge in [0.1, 0.15) is 11.3 Å². The topological polar surface area (TPSA) is 66.0 Å². The van der Waals surface area contributed by atoms with Gasteiger partial charge >= 0.3 is 5.97 Å². The lowest BCUT2D eigenvalue weighted by Crippen LogP contribution is -2.26. The van der Waals surface area contributed by atoms with Crippen LogP contribution in [-0.4, -0.2) is 21.0 Å². The van der Waals surface area contributed by atoms with Crippen molar-refractivity contribution in [1.29, 1.82) is 0 Å². The van der Waals surface area contributed by atoms with Crippen molar-refractivity contribution >= 4 is 17.0 Å². The minimum atomic E-state index is -0.920. The van der Waals surface area contributed by atoms with Gasteiger partial charge in [-0.15, -0.1) is 0 Å². The molecular formula is C16H20N2O2. The molecule has 0 spiro atoms. The maximum absolute atomic E-state index is 11.3. The van der Waals surface area contributed by atoms with Gasteiger partial charge in [-0.1, -0.05) is 32.8 Å². The highest BCUT2D eigenvalue weighted by molar-refractivity contribution is 6.00. The monoisotopic (exact) mass is 272 g/mol. The third kappa shape index (κ3) is 2.09. The largest absolute Gasteiger partial charge is 0.478 e. The molecule has 2 aromatic rings. The molecule has 1 aromatic heterocycles. The van der Waals surface area contributed by atoms with E-state index in [9.17, 15) is 9.90 Å². The zero-order valence-corrected chi connectivity index (χ0v) is 11.9. The number of nitrogens with zero attached hydrogens (tertiary/aromatic N) is 1. The normalized spacial score (nSPS) is 22.0. The van der Waals surface area contributed by atoms with E-state index in [4.69, 9.17) is 0 Å². The van der Waals surface area contributed by atoms with E-state index in [0.29, 0.717) is 11.4 Å². The van der Waals surface area contributed by atoms with E-state index in [0.717, 1.165) is 17.8 Å². The number of imidazole rings is 1. The van der Waals surface area contributed by atoms with Crippen LogP contribution in [-0.2, 0) is 0 Å². The predicted molar refractivity (Wildman–Crippen MR) is 78.0 cm³/mol. The number of para-hydroxylation sites is 1. The molecule has 106 valence electrons. The molecule has 0 bridgehead atoms. The third-order valence-electron chi connectivity index (χ3n) is 4.60. The number of H-pyrrole nitrogens is 1. The fourth-order valence-electron chi connectivity index (χ4n) is 3.39. The molecule has 1 aliphatic carbocycles. The standard InChI is InChI=1S/C16H20N2O2/c1-16(2)9-4-3-7-11(16)14-17-12-8-5-6-10(15(19)20)13(12)18-14/h5-6,8,11H,3-4,7,9H2,1-2H3,(H,17,18)(H,19,20). The number of benzene rings is 1. The average molecular weight is 272 g/mol. The van der Waals surface area contributed by atoms with Crippen LogP contribution in [0.4, 0.5) is 0 Å². The first-order valence-electron chi connectivity index (χ1n) is 7.21. The summed E-state index contributed by atoms with van der Waals surface area (Å²) < 4.78 is 0. The number of aromatic carboxylic acids is 1. The zero-order chi connectivity index (χ0) is 14.3. The van der Waals surface area contributed by atoms with Crippen LogP contribution in [0.1, 0.15) is 61.6 Å². The molecule has 0 saturated heterocycles. The zero-order valence-electron chi connectivity index (χ0n) is 11.9. The summed E-state index contributed by atoms with van der Waals surface area (Å²) >= 11 is 0. The van der Waals surface area contributed by atoms with Gasteiger partial charge in [-0.2, -0.15) is 0 Å². The van der Waals surface area contributed by atoms with E-state index in [1.165, 1.54) is 19.3 Å². The number of carboxylic acids is 1. The number of carbonyl (C=O) groups is 1. The Balaban J connectivity index is 2.09. The highest BCUT2D eigenvalue weighted by atomic mass is 16.4. The summed E-state index contributed by atoms with van der Waals surface area (Å²) in [4.78, 5) is 19.2. The molecule has 1 unspecified atom stereocenters. The number of aromatic nitrogens is 2. The molecule has 1 heterocycles. The average Bonchev–Trinajstić information content (AvgIpc) is 2.80. The van der Waals surface area contributed by atoms with Crippen molar-refractivity contribution in [3.05, 3.63) is 29.6 Å². The first-order valence-corrected chi connectivity index (χ1v) is 7.21. The highest BCUT2D eigenvalue weighted by Crippen LogP contribution is 2.46. The highest BCUT2D eigenvalue weighted by Gasteiger charge is 2.35. The van der Waals surface area contributed by atoms with Gasteiger partial charge in [-0.25, -0.2) is 9.78 Å². The molecule has 4 nitrogen and oxygen atoms in total. The van der Waals surface area contributed by atoms with E-state index in [1.54, 1.807) is 12.1 Å². The second kappa shape index (κ2) is 4.62. The molecule has 2 N–H and O–H groups in total. The van der Waals surface area contributed by atoms with Gasteiger partial charge in [0.2, 0.25) is 0 Å². The molecule has 3 rings (SSSR count). The van der Waals surface area contributed by atoms with Crippen molar-refractivity contribution in [3.8, 4) is 0 Å². The number of nitrogens with one attached hydrogen (secondary N) is 1. The molecule has 0 amide bonds. The van der Waals surface area contributed by atoms with Crippen LogP contribution in [0.2, 0.25) is 0 Å². The number of hydrogen-bond donors (Lipinski definition) is 2. The smallest absolute Gasteiger partial charge is 0.337 e. The first-order chi connectivity index (χ1) is 9.49. The molecule has 1 saturated carbocycles. The molecule has 0 radical (unpaired) electrons. The van der Waals surface area contributed by atoms with Gasteiger partial charge in [0, 0.05) is 5.92 Å². The maximum Gasteiger partial charge on any atom is 0.337 e. The van der Waals surface area contributed by atoms with Crippen molar-refractivity contribution in [2.45, 2.75) is 45.4 Å². The van der Waals surface area contributed by atoms with Gasteiger partial charge in [0.05, 0.1) is 11.1 Å². The minimum Gasteiger partial charge on any atom is -0.478 e. The summed E-state index contributed by atoms with van der Waals surface area (Å²) in [6.45, 7) is 4.56. The Morgan fingerprint density at radius 3 is 2.90 bits per heavy atom. The molecular weight excluding hydrogens is 252 g/mol. The molecule has 1 aliphatic rings. The fourth-order valence-corrected chi connectivity index (χ4v) is 3.39. The number of carboxylic acid groups (broad SMARTS) is 1. The lowest BCUT2D eigenvalue weighted by molar-refractivity contribution is 0.0699. The molecule has 0 aliphatic heterocycles. The quantitative estimate of drug-likeness (QED) is 0.870. The first kappa shape index (κ1) is 13.2. The number of hydrogen-bond acceptors (Lipinski definition) is 2. The van der Waals surface area contributed by atoms with Crippen molar-refractivity contribution in [2.24, 2.45) is 5.41 Å². The molecule has 4 heteroatoms. The van der Waals surface area contributed by atoms with Crippen molar-refractivity contribution in [3.63, 3.8) is 0 Å². The summed E-state index contributed by atoms with van der Waals surface area (Å²) in [6.07, 6.45) is 4.80. The lowest BCUT2D eigenvalue weighted by atomic mass is 9.68. The van der Waals surface area contributed by atoms with E-state index in [1.807, 2.05) is 6.07 Å². The van der Waals surface area contributed by atoms with E-state index >= 15 is 0 Å². The second-order valence-corrected chi connectivity index (χ2v) is 6.42. The second-order valence-electron chi connectivity index (χ2n) is 6.42. The predicted octanol–water partition coefficient (Wildman–Crippen LogP) is 3.94. The van der Waals surface area contributed by atoms with Gasteiger partial charge in [0.25, 0.3) is 0 Å². The van der Waals surface area contributed by atoms with Crippen LogP contribution in [0.15, 0.2) is 18.2 Å². The van der Waals surface area contributed by atoms with Crippen LogP contribution >= 0.6 is 0 Å². The summed E-state index contributed by atoms with van der Waals surface area (Å²) in [7, 11) is 0. The summed E-state index contributed by atoms with van der Waals surface area (Å²) in [5.41, 5.74) is 1.89. The molecule has 1 aromatic carbocycles. The van der Waals surface area contributed by atoms with Crippen LogP contribution < -0.4 is 0 Å². The molecule has 1 fully saturated rings. The van der Waals surface area contributed by atoms with E-state index in [-0.39, 0.29) is 11.0 Å². The number of fused-ring (bicyclic) bond motifs is 1. The Morgan fingerprint density at radius 1 is 1.40 bits per heavy atom. The van der Waals surface area contributed by atoms with Crippen LogP contribution in [0, 0.1) is 5.41 Å². The summed E-state index contributed by atoms with van der Waals surface area (Å²) in [5.74, 6) is 0.403. The number of rotatable bonds is 2. The van der Waals surface area contributed by atoms with Crippen molar-refractivity contribution in [2.75, 3.05) is 0 Å². The summed E-state index contributed by atoms with van der Waals surface area (Å²) in [6, 6.07) is 5.27. The van der Waals surface area contributed by atoms with Gasteiger partial charge < -0.3 is 10.1 Å². The van der Waals surface area contributed by atoms with Crippen LogP contribution in [0.5, 0.6) is 0 Å². The Morgan fingerprint density at radius 2 is 2.20 bits per heavy atom. The Labute approximate surface area is 118 Å². The maximum atomic E-state index is 11.3. The Bertz CT molecular complexity index is 658.